The van der Waals surface area contributed by atoms with Crippen LogP contribution in [0.4, 0.5) is 0 Å². The van der Waals surface area contributed by atoms with Crippen LogP contribution in [-0.2, 0) is 9.84 Å². The summed E-state index contributed by atoms with van der Waals surface area (Å²) in [6, 6.07) is 3.63. The van der Waals surface area contributed by atoms with Crippen LogP contribution < -0.4 is 0 Å². The maximum absolute atomic E-state index is 11.2. The molecule has 1 rings (SSSR count). The van der Waals surface area contributed by atoms with Crippen LogP contribution in [0.3, 0.4) is 0 Å². The van der Waals surface area contributed by atoms with Gasteiger partial charge in [0.05, 0.1) is 10.5 Å². The Bertz CT molecular complexity index is 478. The number of carboxylic acid groups (broad SMARTS) is 1. The zero-order chi connectivity index (χ0) is 10.9. The van der Waals surface area contributed by atoms with Crippen molar-refractivity contribution in [1.82, 2.24) is 0 Å². The van der Waals surface area contributed by atoms with Crippen molar-refractivity contribution < 1.29 is 18.3 Å². The number of benzene rings is 1. The van der Waals surface area contributed by atoms with Crippen LogP contribution >= 0.6 is 11.6 Å². The van der Waals surface area contributed by atoms with E-state index in [1.165, 1.54) is 12.1 Å². The number of carboxylic acids is 1. The number of halogens is 1. The van der Waals surface area contributed by atoms with Gasteiger partial charge in [-0.05, 0) is 18.2 Å². The normalized spacial score (nSPS) is 11.3. The maximum Gasteiger partial charge on any atom is 0.337 e. The summed E-state index contributed by atoms with van der Waals surface area (Å²) in [5.74, 6) is -1.31. The van der Waals surface area contributed by atoms with Gasteiger partial charge in [-0.15, -0.1) is 0 Å². The van der Waals surface area contributed by atoms with E-state index in [9.17, 15) is 13.2 Å². The number of rotatable bonds is 2. The van der Waals surface area contributed by atoms with Gasteiger partial charge in [0.25, 0.3) is 0 Å². The SMILES string of the molecule is CS(=O)(=O)c1ccc(Cl)cc1C(=O)O. The third-order valence-electron chi connectivity index (χ3n) is 1.57. The lowest BCUT2D eigenvalue weighted by molar-refractivity contribution is 0.0692. The third kappa shape index (κ3) is 2.24. The van der Waals surface area contributed by atoms with E-state index < -0.39 is 15.8 Å². The highest BCUT2D eigenvalue weighted by Crippen LogP contribution is 2.20. The first-order chi connectivity index (χ1) is 6.32. The Kier molecular flexibility index (Phi) is 2.82. The van der Waals surface area contributed by atoms with Crippen LogP contribution in [0.5, 0.6) is 0 Å². The van der Waals surface area contributed by atoms with E-state index in [1.807, 2.05) is 0 Å². The molecule has 76 valence electrons. The molecule has 4 nitrogen and oxygen atoms in total. The smallest absolute Gasteiger partial charge is 0.337 e. The summed E-state index contributed by atoms with van der Waals surface area (Å²) >= 11 is 5.55. The van der Waals surface area contributed by atoms with Crippen LogP contribution in [0.15, 0.2) is 23.1 Å². The molecule has 6 heteroatoms. The average Bonchev–Trinajstić information content (AvgIpc) is 2.01. The molecule has 0 saturated carbocycles. The summed E-state index contributed by atoms with van der Waals surface area (Å²) < 4.78 is 22.3. The van der Waals surface area contributed by atoms with Gasteiger partial charge in [-0.1, -0.05) is 11.6 Å². The fourth-order valence-corrected chi connectivity index (χ4v) is 2.03. The first-order valence-electron chi connectivity index (χ1n) is 3.55. The van der Waals surface area contributed by atoms with Crippen molar-refractivity contribution in [3.63, 3.8) is 0 Å². The van der Waals surface area contributed by atoms with Crippen LogP contribution in [0, 0.1) is 0 Å². The highest BCUT2D eigenvalue weighted by Gasteiger charge is 2.18. The maximum atomic E-state index is 11.2. The minimum atomic E-state index is -3.53. The van der Waals surface area contributed by atoms with Gasteiger partial charge in [-0.25, -0.2) is 13.2 Å². The lowest BCUT2D eigenvalue weighted by Gasteiger charge is -2.03. The summed E-state index contributed by atoms with van der Waals surface area (Å²) in [5, 5.41) is 8.92. The van der Waals surface area contributed by atoms with Gasteiger partial charge in [0, 0.05) is 11.3 Å². The largest absolute Gasteiger partial charge is 0.478 e. The molecule has 0 aromatic heterocycles. The summed E-state index contributed by atoms with van der Waals surface area (Å²) in [4.78, 5) is 10.5. The molecular weight excluding hydrogens is 228 g/mol. The highest BCUT2D eigenvalue weighted by molar-refractivity contribution is 7.90. The molecule has 1 aromatic rings. The predicted octanol–water partition coefficient (Wildman–Crippen LogP) is 1.44. The van der Waals surface area contributed by atoms with Crippen molar-refractivity contribution in [2.75, 3.05) is 6.26 Å². The molecule has 0 amide bonds. The minimum absolute atomic E-state index is 0.190. The number of hydrogen-bond acceptors (Lipinski definition) is 3. The van der Waals surface area contributed by atoms with E-state index in [-0.39, 0.29) is 15.5 Å². The summed E-state index contributed by atoms with van der Waals surface area (Å²) in [5.41, 5.74) is -0.306. The molecule has 14 heavy (non-hydrogen) atoms. The molecule has 0 bridgehead atoms. The van der Waals surface area contributed by atoms with Gasteiger partial charge in [0.1, 0.15) is 0 Å². The van der Waals surface area contributed by atoms with Crippen molar-refractivity contribution in [1.29, 1.82) is 0 Å². The lowest BCUT2D eigenvalue weighted by Crippen LogP contribution is -2.07. The number of sulfone groups is 1. The Morgan fingerprint density at radius 1 is 1.43 bits per heavy atom. The molecule has 0 heterocycles. The van der Waals surface area contributed by atoms with E-state index in [0.29, 0.717) is 0 Å². The molecule has 0 saturated heterocycles. The molecule has 1 N–H and O–H groups in total. The first-order valence-corrected chi connectivity index (χ1v) is 5.82. The zero-order valence-electron chi connectivity index (χ0n) is 7.19. The lowest BCUT2D eigenvalue weighted by atomic mass is 10.2. The Hall–Kier alpha value is -1.07. The van der Waals surface area contributed by atoms with Crippen LogP contribution in [-0.4, -0.2) is 25.7 Å². The number of hydrogen-bond donors (Lipinski definition) is 1. The van der Waals surface area contributed by atoms with E-state index in [2.05, 4.69) is 0 Å². The number of carbonyl (C=O) groups is 1. The van der Waals surface area contributed by atoms with Gasteiger partial charge < -0.3 is 5.11 Å². The molecule has 0 aliphatic carbocycles. The van der Waals surface area contributed by atoms with Gasteiger partial charge in [-0.3, -0.25) is 0 Å². The van der Waals surface area contributed by atoms with E-state index in [0.717, 1.165) is 12.3 Å². The fourth-order valence-electron chi connectivity index (χ4n) is 0.993. The van der Waals surface area contributed by atoms with Crippen molar-refractivity contribution in [2.45, 2.75) is 4.90 Å². The van der Waals surface area contributed by atoms with Crippen LogP contribution in [0.2, 0.25) is 5.02 Å². The topological polar surface area (TPSA) is 71.4 Å². The molecule has 0 aliphatic heterocycles. The Balaban J connectivity index is 3.53. The highest BCUT2D eigenvalue weighted by atomic mass is 35.5. The predicted molar refractivity (Wildman–Crippen MR) is 51.5 cm³/mol. The third-order valence-corrected chi connectivity index (χ3v) is 2.96. The Labute approximate surface area is 86.0 Å². The van der Waals surface area contributed by atoms with E-state index in [1.54, 1.807) is 0 Å². The molecule has 0 fully saturated rings. The average molecular weight is 235 g/mol. The second kappa shape index (κ2) is 3.59. The summed E-state index contributed by atoms with van der Waals surface area (Å²) in [6.45, 7) is 0. The van der Waals surface area contributed by atoms with Gasteiger partial charge >= 0.3 is 5.97 Å². The Morgan fingerprint density at radius 3 is 2.43 bits per heavy atom. The molecule has 0 unspecified atom stereocenters. The van der Waals surface area contributed by atoms with Crippen molar-refractivity contribution in [3.05, 3.63) is 28.8 Å². The van der Waals surface area contributed by atoms with E-state index >= 15 is 0 Å². The van der Waals surface area contributed by atoms with E-state index in [4.69, 9.17) is 16.7 Å². The Morgan fingerprint density at radius 2 is 2.00 bits per heavy atom. The van der Waals surface area contributed by atoms with Crippen molar-refractivity contribution in [2.24, 2.45) is 0 Å². The molecule has 0 radical (unpaired) electrons. The monoisotopic (exact) mass is 234 g/mol. The molecule has 1 aromatic carbocycles. The van der Waals surface area contributed by atoms with Crippen LogP contribution in [0.1, 0.15) is 10.4 Å². The van der Waals surface area contributed by atoms with Crippen LogP contribution in [0.25, 0.3) is 0 Å². The fraction of sp³-hybridized carbons (Fsp3) is 0.125. The van der Waals surface area contributed by atoms with Gasteiger partial charge in [0.2, 0.25) is 0 Å². The summed E-state index contributed by atoms with van der Waals surface area (Å²) in [6.07, 6.45) is 0.947. The molecule has 0 spiro atoms. The first kappa shape index (κ1) is 11.0. The summed E-state index contributed by atoms with van der Waals surface area (Å²) in [7, 11) is -3.53. The molecular formula is C8H7ClO4S. The second-order valence-electron chi connectivity index (χ2n) is 2.72. The minimum Gasteiger partial charge on any atom is -0.478 e. The zero-order valence-corrected chi connectivity index (χ0v) is 8.76. The quantitative estimate of drug-likeness (QED) is 0.841. The standard InChI is InChI=1S/C8H7ClO4S/c1-14(12,13)7-3-2-5(9)4-6(7)8(10)11/h2-4H,1H3,(H,10,11). The molecule has 0 atom stereocenters. The van der Waals surface area contributed by atoms with Gasteiger partial charge in [-0.2, -0.15) is 0 Å². The second-order valence-corrected chi connectivity index (χ2v) is 5.14. The van der Waals surface area contributed by atoms with Crippen molar-refractivity contribution in [3.8, 4) is 0 Å². The molecule has 0 aliphatic rings. The number of aromatic carboxylic acids is 1. The van der Waals surface area contributed by atoms with Crippen molar-refractivity contribution >= 4 is 27.4 Å². The van der Waals surface area contributed by atoms with Gasteiger partial charge in [0.15, 0.2) is 9.84 Å².